The van der Waals surface area contributed by atoms with Crippen molar-refractivity contribution in [2.45, 2.75) is 26.3 Å². The van der Waals surface area contributed by atoms with E-state index in [1.165, 1.54) is 0 Å². The second-order valence-electron chi connectivity index (χ2n) is 4.46. The highest BCUT2D eigenvalue weighted by atomic mass is 16.4. The highest BCUT2D eigenvalue weighted by Crippen LogP contribution is 2.22. The molecule has 0 aliphatic heterocycles. The fraction of sp³-hybridized carbons (Fsp3) is 0.417. The van der Waals surface area contributed by atoms with Gasteiger partial charge in [-0.3, -0.25) is 0 Å². The maximum Gasteiger partial charge on any atom is 0.0608 e. The van der Waals surface area contributed by atoms with Crippen LogP contribution in [0.25, 0.3) is 0 Å². The van der Waals surface area contributed by atoms with Gasteiger partial charge in [0.05, 0.1) is 12.5 Å². The van der Waals surface area contributed by atoms with Gasteiger partial charge in [0.15, 0.2) is 0 Å². The summed E-state index contributed by atoms with van der Waals surface area (Å²) in [4.78, 5) is 12.5. The maximum absolute atomic E-state index is 10.7. The smallest absolute Gasteiger partial charge is 0.0608 e. The Bertz CT molecular complexity index is 327. The number of carbonyl (C=O) groups is 1. The van der Waals surface area contributed by atoms with Gasteiger partial charge in [-0.1, -0.05) is 18.2 Å². The lowest BCUT2D eigenvalue weighted by Gasteiger charge is -2.38. The van der Waals surface area contributed by atoms with E-state index in [1.807, 2.05) is 56.0 Å². The zero-order valence-electron chi connectivity index (χ0n) is 9.36. The Kier molecular flexibility index (Phi) is 3.35. The number of aliphatic carboxylic acids is 1. The van der Waals surface area contributed by atoms with E-state index in [4.69, 9.17) is 0 Å². The number of hydrogen-bond donors (Lipinski definition) is 0. The van der Waals surface area contributed by atoms with E-state index in [1.54, 1.807) is 0 Å². The van der Waals surface area contributed by atoms with Gasteiger partial charge in [-0.2, -0.15) is 0 Å². The lowest BCUT2D eigenvalue weighted by atomic mass is 10.0. The molecule has 0 atom stereocenters. The summed E-state index contributed by atoms with van der Waals surface area (Å²) in [6.07, 6.45) is 0. The van der Waals surface area contributed by atoms with Crippen LogP contribution in [0.3, 0.4) is 0 Å². The van der Waals surface area contributed by atoms with Gasteiger partial charge < -0.3 is 14.8 Å². The molecule has 0 saturated heterocycles. The first-order chi connectivity index (χ1) is 6.91. The molecule has 1 aromatic rings. The SMILES string of the molecule is CC(C)(C)N(CC(=O)[O-])c1ccccc1. The van der Waals surface area contributed by atoms with E-state index in [2.05, 4.69) is 0 Å². The normalized spacial score (nSPS) is 11.1. The summed E-state index contributed by atoms with van der Waals surface area (Å²) in [6.45, 7) is 5.84. The molecular formula is C12H16NO2-. The molecule has 1 rings (SSSR count). The third kappa shape index (κ3) is 3.27. The molecule has 0 spiro atoms. The predicted molar refractivity (Wildman–Crippen MR) is 58.5 cm³/mol. The molecule has 0 aliphatic rings. The van der Waals surface area contributed by atoms with Crippen molar-refractivity contribution in [2.75, 3.05) is 11.4 Å². The Labute approximate surface area is 90.3 Å². The van der Waals surface area contributed by atoms with E-state index >= 15 is 0 Å². The number of carbonyl (C=O) groups excluding carboxylic acids is 1. The third-order valence-corrected chi connectivity index (χ3v) is 2.16. The highest BCUT2D eigenvalue weighted by molar-refractivity contribution is 5.72. The van der Waals surface area contributed by atoms with Gasteiger partial charge in [0.1, 0.15) is 0 Å². The van der Waals surface area contributed by atoms with Gasteiger partial charge in [-0.25, -0.2) is 0 Å². The Balaban J connectivity index is 2.97. The van der Waals surface area contributed by atoms with Gasteiger partial charge in [0.2, 0.25) is 0 Å². The number of hydrogen-bond acceptors (Lipinski definition) is 3. The first kappa shape index (κ1) is 11.6. The lowest BCUT2D eigenvalue weighted by Crippen LogP contribution is -2.48. The molecule has 1 aromatic carbocycles. The molecule has 0 aromatic heterocycles. The molecule has 0 N–H and O–H groups in total. The van der Waals surface area contributed by atoms with E-state index in [9.17, 15) is 9.90 Å². The van der Waals surface area contributed by atoms with E-state index < -0.39 is 5.97 Å². The number of benzene rings is 1. The molecule has 0 aliphatic carbocycles. The van der Waals surface area contributed by atoms with Crippen LogP contribution in [0, 0.1) is 0 Å². The minimum atomic E-state index is -1.06. The van der Waals surface area contributed by atoms with Crippen molar-refractivity contribution in [2.24, 2.45) is 0 Å². The van der Waals surface area contributed by atoms with Crippen LogP contribution in [0.2, 0.25) is 0 Å². The summed E-state index contributed by atoms with van der Waals surface area (Å²) < 4.78 is 0. The summed E-state index contributed by atoms with van der Waals surface area (Å²) in [5.41, 5.74) is 0.663. The van der Waals surface area contributed by atoms with Crippen LogP contribution in [0.1, 0.15) is 20.8 Å². The van der Waals surface area contributed by atoms with Crippen molar-refractivity contribution in [1.82, 2.24) is 0 Å². The maximum atomic E-state index is 10.7. The molecule has 82 valence electrons. The van der Waals surface area contributed by atoms with Crippen LogP contribution in [0.5, 0.6) is 0 Å². The minimum absolute atomic E-state index is 0.0898. The van der Waals surface area contributed by atoms with Crippen molar-refractivity contribution in [3.8, 4) is 0 Å². The van der Waals surface area contributed by atoms with Crippen LogP contribution in [0.15, 0.2) is 30.3 Å². The first-order valence-corrected chi connectivity index (χ1v) is 4.94. The molecule has 0 heterocycles. The number of anilines is 1. The molecule has 0 bridgehead atoms. The monoisotopic (exact) mass is 206 g/mol. The van der Waals surface area contributed by atoms with Crippen LogP contribution < -0.4 is 10.0 Å². The molecule has 3 nitrogen and oxygen atoms in total. The average Bonchev–Trinajstić information content (AvgIpc) is 2.14. The molecule has 0 fully saturated rings. The number of para-hydroxylation sites is 1. The number of nitrogens with zero attached hydrogens (tertiary/aromatic N) is 1. The zero-order chi connectivity index (χ0) is 11.5. The Morgan fingerprint density at radius 2 is 1.80 bits per heavy atom. The molecule has 3 heteroatoms. The number of carboxylic acids is 1. The Morgan fingerprint density at radius 3 is 2.20 bits per heavy atom. The van der Waals surface area contributed by atoms with E-state index in [0.717, 1.165) is 5.69 Å². The summed E-state index contributed by atoms with van der Waals surface area (Å²) in [7, 11) is 0. The van der Waals surface area contributed by atoms with Gasteiger partial charge in [0, 0.05) is 11.2 Å². The second-order valence-corrected chi connectivity index (χ2v) is 4.46. The second kappa shape index (κ2) is 4.34. The van der Waals surface area contributed by atoms with Gasteiger partial charge in [-0.15, -0.1) is 0 Å². The van der Waals surface area contributed by atoms with Gasteiger partial charge in [0.25, 0.3) is 0 Å². The molecule has 0 radical (unpaired) electrons. The molecule has 0 saturated carbocycles. The van der Waals surface area contributed by atoms with E-state index in [0.29, 0.717) is 0 Å². The van der Waals surface area contributed by atoms with Crippen LogP contribution in [0.4, 0.5) is 5.69 Å². The number of carboxylic acid groups (broad SMARTS) is 1. The van der Waals surface area contributed by atoms with Gasteiger partial charge >= 0.3 is 0 Å². The summed E-state index contributed by atoms with van der Waals surface area (Å²) in [5, 5.41) is 10.7. The standard InChI is InChI=1S/C12H17NO2/c1-12(2,3)13(9-11(14)15)10-7-5-4-6-8-10/h4-8H,9H2,1-3H3,(H,14,15)/p-1. The minimum Gasteiger partial charge on any atom is -0.548 e. The fourth-order valence-electron chi connectivity index (χ4n) is 1.45. The zero-order valence-corrected chi connectivity index (χ0v) is 9.36. The van der Waals surface area contributed by atoms with Crippen molar-refractivity contribution in [3.05, 3.63) is 30.3 Å². The van der Waals surface area contributed by atoms with Crippen LogP contribution in [-0.4, -0.2) is 18.1 Å². The molecule has 0 unspecified atom stereocenters. The lowest BCUT2D eigenvalue weighted by molar-refractivity contribution is -0.303. The summed E-state index contributed by atoms with van der Waals surface area (Å²) in [5.74, 6) is -1.06. The molecule has 15 heavy (non-hydrogen) atoms. The van der Waals surface area contributed by atoms with Crippen molar-refractivity contribution in [3.63, 3.8) is 0 Å². The summed E-state index contributed by atoms with van der Waals surface area (Å²) in [6, 6.07) is 9.48. The summed E-state index contributed by atoms with van der Waals surface area (Å²) >= 11 is 0. The largest absolute Gasteiger partial charge is 0.548 e. The molecule has 0 amide bonds. The average molecular weight is 206 g/mol. The first-order valence-electron chi connectivity index (χ1n) is 4.94. The quantitative estimate of drug-likeness (QED) is 0.742. The molecular weight excluding hydrogens is 190 g/mol. The van der Waals surface area contributed by atoms with Crippen LogP contribution in [-0.2, 0) is 4.79 Å². The Hall–Kier alpha value is -1.51. The Morgan fingerprint density at radius 1 is 1.27 bits per heavy atom. The van der Waals surface area contributed by atoms with Crippen LogP contribution >= 0.6 is 0 Å². The fourth-order valence-corrected chi connectivity index (χ4v) is 1.45. The third-order valence-electron chi connectivity index (χ3n) is 2.16. The predicted octanol–water partition coefficient (Wildman–Crippen LogP) is 1.04. The highest BCUT2D eigenvalue weighted by Gasteiger charge is 2.21. The van der Waals surface area contributed by atoms with E-state index in [-0.39, 0.29) is 12.1 Å². The van der Waals surface area contributed by atoms with Crippen molar-refractivity contribution >= 4 is 11.7 Å². The van der Waals surface area contributed by atoms with Crippen molar-refractivity contribution < 1.29 is 9.90 Å². The topological polar surface area (TPSA) is 43.4 Å². The van der Waals surface area contributed by atoms with Crippen molar-refractivity contribution in [1.29, 1.82) is 0 Å². The van der Waals surface area contributed by atoms with Gasteiger partial charge in [-0.05, 0) is 32.9 Å². The number of rotatable bonds is 3.